The highest BCUT2D eigenvalue weighted by atomic mass is 79.9. The standard InChI is InChI=1S/C10H12BrN3O2/c1-3-7(2)13-8-6-12-14(4-5-15)10(16)9(8)11/h1,6-7,13,15H,4-5H2,2H3. The van der Waals surface area contributed by atoms with E-state index in [4.69, 9.17) is 11.5 Å². The monoisotopic (exact) mass is 285 g/mol. The van der Waals surface area contributed by atoms with Gasteiger partial charge in [0, 0.05) is 0 Å². The lowest BCUT2D eigenvalue weighted by molar-refractivity contribution is 0.266. The van der Waals surface area contributed by atoms with Crippen LogP contribution < -0.4 is 10.9 Å². The van der Waals surface area contributed by atoms with Crippen molar-refractivity contribution in [2.75, 3.05) is 11.9 Å². The van der Waals surface area contributed by atoms with E-state index >= 15 is 0 Å². The van der Waals surface area contributed by atoms with E-state index in [1.54, 1.807) is 6.92 Å². The number of anilines is 1. The van der Waals surface area contributed by atoms with Crippen molar-refractivity contribution >= 4 is 21.6 Å². The summed E-state index contributed by atoms with van der Waals surface area (Å²) in [6.45, 7) is 1.83. The summed E-state index contributed by atoms with van der Waals surface area (Å²) in [6, 6.07) is -0.189. The molecule has 16 heavy (non-hydrogen) atoms. The Morgan fingerprint density at radius 1 is 1.81 bits per heavy atom. The quantitative estimate of drug-likeness (QED) is 0.788. The summed E-state index contributed by atoms with van der Waals surface area (Å²) in [4.78, 5) is 11.7. The van der Waals surface area contributed by atoms with Crippen LogP contribution in [0.4, 0.5) is 5.69 Å². The van der Waals surface area contributed by atoms with Crippen molar-refractivity contribution in [3.8, 4) is 12.3 Å². The summed E-state index contributed by atoms with van der Waals surface area (Å²) in [5, 5.41) is 15.6. The molecule has 1 rings (SSSR count). The van der Waals surface area contributed by atoms with E-state index in [1.807, 2.05) is 0 Å². The van der Waals surface area contributed by atoms with Gasteiger partial charge in [0.25, 0.3) is 5.56 Å². The Morgan fingerprint density at radius 2 is 2.50 bits per heavy atom. The predicted octanol–water partition coefficient (Wildman–Crippen LogP) is 0.432. The molecule has 1 unspecified atom stereocenters. The number of hydrogen-bond donors (Lipinski definition) is 2. The number of aromatic nitrogens is 2. The molecular formula is C10H12BrN3O2. The van der Waals surface area contributed by atoms with Gasteiger partial charge in [-0.15, -0.1) is 6.42 Å². The molecule has 0 aromatic carbocycles. The molecule has 0 radical (unpaired) electrons. The van der Waals surface area contributed by atoms with Gasteiger partial charge < -0.3 is 10.4 Å². The highest BCUT2D eigenvalue weighted by molar-refractivity contribution is 9.10. The van der Waals surface area contributed by atoms with Crippen molar-refractivity contribution in [3.05, 3.63) is 21.0 Å². The molecule has 1 atom stereocenters. The first-order valence-electron chi connectivity index (χ1n) is 4.69. The third-order valence-electron chi connectivity index (χ3n) is 1.92. The Balaban J connectivity index is 3.03. The molecule has 0 fully saturated rings. The number of rotatable bonds is 4. The second kappa shape index (κ2) is 5.68. The van der Waals surface area contributed by atoms with Crippen molar-refractivity contribution in [3.63, 3.8) is 0 Å². The van der Waals surface area contributed by atoms with Crippen LogP contribution in [0, 0.1) is 12.3 Å². The zero-order valence-corrected chi connectivity index (χ0v) is 10.4. The molecule has 0 aliphatic carbocycles. The molecule has 86 valence electrons. The summed E-state index contributed by atoms with van der Waals surface area (Å²) in [6.07, 6.45) is 6.72. The van der Waals surface area contributed by atoms with Crippen LogP contribution in [0.2, 0.25) is 0 Å². The van der Waals surface area contributed by atoms with Crippen molar-refractivity contribution in [2.45, 2.75) is 19.5 Å². The number of terminal acetylenes is 1. The fourth-order valence-electron chi connectivity index (χ4n) is 1.09. The van der Waals surface area contributed by atoms with E-state index in [2.05, 4.69) is 32.3 Å². The molecule has 0 aliphatic rings. The minimum absolute atomic E-state index is 0.132. The number of hydrogen-bond acceptors (Lipinski definition) is 4. The van der Waals surface area contributed by atoms with Crippen molar-refractivity contribution in [2.24, 2.45) is 0 Å². The Hall–Kier alpha value is -1.32. The SMILES string of the molecule is C#CC(C)Nc1cnn(CCO)c(=O)c1Br. The van der Waals surface area contributed by atoms with E-state index < -0.39 is 0 Å². The van der Waals surface area contributed by atoms with Gasteiger partial charge in [0.15, 0.2) is 0 Å². The lowest BCUT2D eigenvalue weighted by atomic mass is 10.3. The lowest BCUT2D eigenvalue weighted by Crippen LogP contribution is -2.26. The first-order chi connectivity index (χ1) is 7.60. The largest absolute Gasteiger partial charge is 0.394 e. The Kier molecular flexibility index (Phi) is 4.52. The average Bonchev–Trinajstić information content (AvgIpc) is 2.28. The van der Waals surface area contributed by atoms with Gasteiger partial charge >= 0.3 is 0 Å². The molecular weight excluding hydrogens is 274 g/mol. The van der Waals surface area contributed by atoms with E-state index in [0.717, 1.165) is 0 Å². The van der Waals surface area contributed by atoms with Crippen LogP contribution in [-0.4, -0.2) is 27.5 Å². The highest BCUT2D eigenvalue weighted by Crippen LogP contribution is 2.16. The molecule has 1 aromatic heterocycles. The second-order valence-corrected chi connectivity index (χ2v) is 3.95. The van der Waals surface area contributed by atoms with Crippen LogP contribution in [-0.2, 0) is 6.54 Å². The third-order valence-corrected chi connectivity index (χ3v) is 2.69. The maximum Gasteiger partial charge on any atom is 0.283 e. The van der Waals surface area contributed by atoms with Crippen LogP contribution >= 0.6 is 15.9 Å². The van der Waals surface area contributed by atoms with Gasteiger partial charge in [-0.05, 0) is 22.9 Å². The zero-order chi connectivity index (χ0) is 12.1. The van der Waals surface area contributed by atoms with Gasteiger partial charge in [0.1, 0.15) is 4.47 Å². The van der Waals surface area contributed by atoms with E-state index in [9.17, 15) is 4.79 Å². The highest BCUT2D eigenvalue weighted by Gasteiger charge is 2.09. The van der Waals surface area contributed by atoms with Crippen LogP contribution in [0.1, 0.15) is 6.92 Å². The normalized spacial score (nSPS) is 11.9. The van der Waals surface area contributed by atoms with Crippen LogP contribution in [0.25, 0.3) is 0 Å². The Labute approximate surface area is 102 Å². The summed E-state index contributed by atoms with van der Waals surface area (Å²) < 4.78 is 1.54. The summed E-state index contributed by atoms with van der Waals surface area (Å²) in [5.74, 6) is 2.49. The van der Waals surface area contributed by atoms with Gasteiger partial charge in [-0.1, -0.05) is 5.92 Å². The molecule has 0 bridgehead atoms. The summed E-state index contributed by atoms with van der Waals surface area (Å²) in [5.41, 5.74) is 0.243. The second-order valence-electron chi connectivity index (χ2n) is 3.16. The lowest BCUT2D eigenvalue weighted by Gasteiger charge is -2.11. The first kappa shape index (κ1) is 12.7. The molecule has 0 spiro atoms. The van der Waals surface area contributed by atoms with E-state index in [1.165, 1.54) is 10.9 Å². The van der Waals surface area contributed by atoms with Crippen molar-refractivity contribution in [1.29, 1.82) is 0 Å². The molecule has 0 aliphatic heterocycles. The van der Waals surface area contributed by atoms with Crippen molar-refractivity contribution < 1.29 is 5.11 Å². The number of aliphatic hydroxyl groups excluding tert-OH is 1. The Morgan fingerprint density at radius 3 is 3.06 bits per heavy atom. The molecule has 0 saturated heterocycles. The minimum atomic E-state index is -0.303. The molecule has 1 aromatic rings. The molecule has 5 nitrogen and oxygen atoms in total. The number of halogens is 1. The molecule has 0 saturated carbocycles. The number of aliphatic hydroxyl groups is 1. The van der Waals surface area contributed by atoms with E-state index in [0.29, 0.717) is 10.2 Å². The van der Waals surface area contributed by atoms with Gasteiger partial charge in [-0.25, -0.2) is 4.68 Å². The smallest absolute Gasteiger partial charge is 0.283 e. The minimum Gasteiger partial charge on any atom is -0.394 e. The fraction of sp³-hybridized carbons (Fsp3) is 0.400. The molecule has 2 N–H and O–H groups in total. The van der Waals surface area contributed by atoms with E-state index in [-0.39, 0.29) is 24.8 Å². The molecule has 0 amide bonds. The van der Waals surface area contributed by atoms with Gasteiger partial charge in [0.05, 0.1) is 31.1 Å². The molecule has 1 heterocycles. The maximum atomic E-state index is 11.7. The third kappa shape index (κ3) is 2.84. The fourth-order valence-corrected chi connectivity index (χ4v) is 1.52. The Bertz CT molecular complexity index is 464. The predicted molar refractivity (Wildman–Crippen MR) is 65.2 cm³/mol. The van der Waals surface area contributed by atoms with Crippen molar-refractivity contribution in [1.82, 2.24) is 9.78 Å². The topological polar surface area (TPSA) is 67.2 Å². The van der Waals surface area contributed by atoms with Crippen LogP contribution in [0.3, 0.4) is 0 Å². The zero-order valence-electron chi connectivity index (χ0n) is 8.77. The maximum absolute atomic E-state index is 11.7. The number of nitrogens with zero attached hydrogens (tertiary/aromatic N) is 2. The summed E-state index contributed by atoms with van der Waals surface area (Å²) in [7, 11) is 0. The average molecular weight is 286 g/mol. The first-order valence-corrected chi connectivity index (χ1v) is 5.48. The molecule has 6 heteroatoms. The van der Waals surface area contributed by atoms with Gasteiger partial charge in [-0.3, -0.25) is 4.79 Å². The number of nitrogens with one attached hydrogen (secondary N) is 1. The summed E-state index contributed by atoms with van der Waals surface area (Å²) >= 11 is 3.17. The van der Waals surface area contributed by atoms with Crippen LogP contribution in [0.5, 0.6) is 0 Å². The van der Waals surface area contributed by atoms with Gasteiger partial charge in [-0.2, -0.15) is 5.10 Å². The van der Waals surface area contributed by atoms with Gasteiger partial charge in [0.2, 0.25) is 0 Å². The van der Waals surface area contributed by atoms with Crippen LogP contribution in [0.15, 0.2) is 15.5 Å².